The molecule has 0 fully saturated rings. The maximum Gasteiger partial charge on any atom is 0.159 e. The molecule has 114 valence electrons. The van der Waals surface area contributed by atoms with E-state index in [1.54, 1.807) is 20.4 Å². The van der Waals surface area contributed by atoms with E-state index >= 15 is 0 Å². The molecule has 0 saturated heterocycles. The van der Waals surface area contributed by atoms with Gasteiger partial charge in [-0.1, -0.05) is 0 Å². The van der Waals surface area contributed by atoms with Crippen molar-refractivity contribution in [3.8, 4) is 34.6 Å². The number of methoxy groups -OCH3 is 2. The molecular formula is C18H15N3O2. The Kier molecular flexibility index (Phi) is 3.98. The molecule has 1 aromatic heterocycles. The number of ether oxygens (including phenoxy) is 2. The van der Waals surface area contributed by atoms with Crippen LogP contribution in [0.25, 0.3) is 17.1 Å². The molecule has 0 unspecified atom stereocenters. The van der Waals surface area contributed by atoms with E-state index in [1.165, 1.54) is 0 Å². The summed E-state index contributed by atoms with van der Waals surface area (Å²) in [5.41, 5.74) is 2.18. The molecule has 3 rings (SSSR count). The van der Waals surface area contributed by atoms with Gasteiger partial charge in [0, 0.05) is 17.4 Å². The summed E-state index contributed by atoms with van der Waals surface area (Å²) in [7, 11) is 3.25. The zero-order valence-corrected chi connectivity index (χ0v) is 12.9. The SMILES string of the molecule is COc1ccc(-c2nc(C#N)cn2-c2ccc(OC)cc2)cc1. The van der Waals surface area contributed by atoms with Crippen molar-refractivity contribution >= 4 is 0 Å². The molecule has 0 radical (unpaired) electrons. The lowest BCUT2D eigenvalue weighted by Crippen LogP contribution is -1.96. The highest BCUT2D eigenvalue weighted by Crippen LogP contribution is 2.26. The number of nitrogens with zero attached hydrogens (tertiary/aromatic N) is 3. The number of hydrogen-bond acceptors (Lipinski definition) is 4. The maximum absolute atomic E-state index is 9.17. The Balaban J connectivity index is 2.08. The molecular weight excluding hydrogens is 290 g/mol. The van der Waals surface area contributed by atoms with Crippen LogP contribution in [0.2, 0.25) is 0 Å². The number of benzene rings is 2. The smallest absolute Gasteiger partial charge is 0.159 e. The minimum absolute atomic E-state index is 0.367. The Hall–Kier alpha value is -3.26. The van der Waals surface area contributed by atoms with Crippen molar-refractivity contribution in [2.75, 3.05) is 14.2 Å². The second-order valence-electron chi connectivity index (χ2n) is 4.86. The number of aromatic nitrogens is 2. The third-order valence-corrected chi connectivity index (χ3v) is 3.52. The summed E-state index contributed by atoms with van der Waals surface area (Å²) in [4.78, 5) is 4.40. The Bertz CT molecular complexity index is 778. The van der Waals surface area contributed by atoms with Crippen LogP contribution in [-0.4, -0.2) is 23.8 Å². The van der Waals surface area contributed by atoms with Gasteiger partial charge in [0.05, 0.1) is 14.2 Å². The summed E-state index contributed by atoms with van der Waals surface area (Å²) in [6.45, 7) is 0. The Morgan fingerprint density at radius 1 is 0.913 bits per heavy atom. The third-order valence-electron chi connectivity index (χ3n) is 3.52. The standard InChI is InChI=1S/C18H15N3O2/c1-22-16-7-3-13(4-8-16)18-20-14(11-19)12-21(18)15-5-9-17(23-2)10-6-15/h3-10,12H,1-2H3. The molecule has 0 atom stereocenters. The first kappa shape index (κ1) is 14.7. The van der Waals surface area contributed by atoms with Crippen molar-refractivity contribution in [2.24, 2.45) is 0 Å². The average Bonchev–Trinajstić information content (AvgIpc) is 3.06. The minimum Gasteiger partial charge on any atom is -0.497 e. The second kappa shape index (κ2) is 6.24. The zero-order chi connectivity index (χ0) is 16.2. The fourth-order valence-electron chi connectivity index (χ4n) is 2.32. The number of imidazole rings is 1. The van der Waals surface area contributed by atoms with E-state index in [0.29, 0.717) is 11.5 Å². The first-order chi connectivity index (χ1) is 11.2. The lowest BCUT2D eigenvalue weighted by molar-refractivity contribution is 0.414. The van der Waals surface area contributed by atoms with Gasteiger partial charge in [0.25, 0.3) is 0 Å². The molecule has 5 heteroatoms. The molecule has 0 aliphatic rings. The Labute approximate surface area is 134 Å². The van der Waals surface area contributed by atoms with Crippen molar-refractivity contribution in [3.05, 3.63) is 60.4 Å². The van der Waals surface area contributed by atoms with Gasteiger partial charge < -0.3 is 9.47 Å². The molecule has 0 aliphatic carbocycles. The van der Waals surface area contributed by atoms with Gasteiger partial charge >= 0.3 is 0 Å². The van der Waals surface area contributed by atoms with Gasteiger partial charge in [-0.15, -0.1) is 0 Å². The molecule has 3 aromatic rings. The van der Waals surface area contributed by atoms with Crippen LogP contribution < -0.4 is 9.47 Å². The van der Waals surface area contributed by atoms with E-state index in [-0.39, 0.29) is 0 Å². The van der Waals surface area contributed by atoms with Crippen LogP contribution in [0, 0.1) is 11.3 Å². The highest BCUT2D eigenvalue weighted by atomic mass is 16.5. The highest BCUT2D eigenvalue weighted by molar-refractivity contribution is 5.61. The Morgan fingerprint density at radius 3 is 2.00 bits per heavy atom. The number of nitriles is 1. The van der Waals surface area contributed by atoms with Crippen LogP contribution >= 0.6 is 0 Å². The van der Waals surface area contributed by atoms with E-state index < -0.39 is 0 Å². The van der Waals surface area contributed by atoms with Gasteiger partial charge in [0.15, 0.2) is 5.69 Å². The molecule has 0 saturated carbocycles. The van der Waals surface area contributed by atoms with Crippen molar-refractivity contribution in [3.63, 3.8) is 0 Å². The van der Waals surface area contributed by atoms with Gasteiger partial charge in [-0.05, 0) is 48.5 Å². The van der Waals surface area contributed by atoms with Crippen LogP contribution in [0.1, 0.15) is 5.69 Å². The van der Waals surface area contributed by atoms with E-state index in [4.69, 9.17) is 14.7 Å². The predicted octanol–water partition coefficient (Wildman–Crippen LogP) is 3.43. The van der Waals surface area contributed by atoms with Crippen LogP contribution in [0.4, 0.5) is 0 Å². The summed E-state index contributed by atoms with van der Waals surface area (Å²) < 4.78 is 12.2. The fraction of sp³-hybridized carbons (Fsp3) is 0.111. The first-order valence-electron chi connectivity index (χ1n) is 7.03. The van der Waals surface area contributed by atoms with Crippen molar-refractivity contribution in [1.82, 2.24) is 9.55 Å². The van der Waals surface area contributed by atoms with Crippen LogP contribution in [0.3, 0.4) is 0 Å². The van der Waals surface area contributed by atoms with Crippen molar-refractivity contribution in [1.29, 1.82) is 5.26 Å². The molecule has 0 N–H and O–H groups in total. The fourth-order valence-corrected chi connectivity index (χ4v) is 2.32. The summed E-state index contributed by atoms with van der Waals surface area (Å²) in [6, 6.07) is 17.3. The lowest BCUT2D eigenvalue weighted by atomic mass is 10.2. The predicted molar refractivity (Wildman–Crippen MR) is 86.8 cm³/mol. The largest absolute Gasteiger partial charge is 0.497 e. The molecule has 0 amide bonds. The summed E-state index contributed by atoms with van der Waals surface area (Å²) in [5, 5.41) is 9.17. The molecule has 23 heavy (non-hydrogen) atoms. The van der Waals surface area contributed by atoms with Gasteiger partial charge in [-0.3, -0.25) is 4.57 Å². The molecule has 1 heterocycles. The molecule has 2 aromatic carbocycles. The van der Waals surface area contributed by atoms with Gasteiger partial charge in [-0.25, -0.2) is 4.98 Å². The summed E-state index contributed by atoms with van der Waals surface area (Å²) >= 11 is 0. The van der Waals surface area contributed by atoms with E-state index in [1.807, 2.05) is 53.1 Å². The maximum atomic E-state index is 9.17. The number of rotatable bonds is 4. The van der Waals surface area contributed by atoms with Crippen LogP contribution in [-0.2, 0) is 0 Å². The van der Waals surface area contributed by atoms with E-state index in [0.717, 1.165) is 22.7 Å². The average molecular weight is 305 g/mol. The van der Waals surface area contributed by atoms with Crippen LogP contribution in [0.5, 0.6) is 11.5 Å². The van der Waals surface area contributed by atoms with Crippen molar-refractivity contribution < 1.29 is 9.47 Å². The Morgan fingerprint density at radius 2 is 1.48 bits per heavy atom. The normalized spacial score (nSPS) is 10.1. The lowest BCUT2D eigenvalue weighted by Gasteiger charge is -2.09. The zero-order valence-electron chi connectivity index (χ0n) is 12.9. The van der Waals surface area contributed by atoms with E-state index in [2.05, 4.69) is 11.1 Å². The molecule has 0 aliphatic heterocycles. The molecule has 0 spiro atoms. The second-order valence-corrected chi connectivity index (χ2v) is 4.86. The topological polar surface area (TPSA) is 60.1 Å². The summed E-state index contributed by atoms with van der Waals surface area (Å²) in [5.74, 6) is 2.26. The monoisotopic (exact) mass is 305 g/mol. The van der Waals surface area contributed by atoms with Crippen molar-refractivity contribution in [2.45, 2.75) is 0 Å². The van der Waals surface area contributed by atoms with E-state index in [9.17, 15) is 0 Å². The number of hydrogen-bond donors (Lipinski definition) is 0. The molecule has 0 bridgehead atoms. The third kappa shape index (κ3) is 2.87. The van der Waals surface area contributed by atoms with Gasteiger partial charge in [0.2, 0.25) is 0 Å². The highest BCUT2D eigenvalue weighted by Gasteiger charge is 2.12. The van der Waals surface area contributed by atoms with Gasteiger partial charge in [-0.2, -0.15) is 5.26 Å². The first-order valence-corrected chi connectivity index (χ1v) is 7.03. The van der Waals surface area contributed by atoms with Crippen LogP contribution in [0.15, 0.2) is 54.7 Å². The van der Waals surface area contributed by atoms with Gasteiger partial charge in [0.1, 0.15) is 23.4 Å². The quantitative estimate of drug-likeness (QED) is 0.741. The molecule has 5 nitrogen and oxygen atoms in total. The summed E-state index contributed by atoms with van der Waals surface area (Å²) in [6.07, 6.45) is 1.72. The minimum atomic E-state index is 0.367.